The van der Waals surface area contributed by atoms with E-state index in [2.05, 4.69) is 11.2 Å². The van der Waals surface area contributed by atoms with E-state index in [0.717, 1.165) is 0 Å². The Labute approximate surface area is 157 Å². The van der Waals surface area contributed by atoms with Crippen molar-refractivity contribution in [1.82, 2.24) is 0 Å². The van der Waals surface area contributed by atoms with Crippen LogP contribution < -0.4 is 15.0 Å². The second-order valence-electron chi connectivity index (χ2n) is 5.20. The Bertz CT molecular complexity index is 869. The third-order valence-corrected chi connectivity index (χ3v) is 3.31. The first-order valence-corrected chi connectivity index (χ1v) is 8.02. The quantitative estimate of drug-likeness (QED) is 0.789. The number of rotatable bonds is 6. The highest BCUT2D eigenvalue weighted by molar-refractivity contribution is 5.89. The fourth-order valence-electron chi connectivity index (χ4n) is 2.15. The van der Waals surface area contributed by atoms with E-state index in [0.29, 0.717) is 11.4 Å². The van der Waals surface area contributed by atoms with Crippen LogP contribution in [0.25, 0.3) is 0 Å². The average Bonchev–Trinajstić information content (AvgIpc) is 2.68. The highest BCUT2D eigenvalue weighted by Crippen LogP contribution is 2.21. The molecule has 0 aliphatic carbocycles. The van der Waals surface area contributed by atoms with Gasteiger partial charge in [-0.15, -0.1) is 6.42 Å². The molecular weight excluding hydrogens is 346 g/mol. The number of nitrogens with zero attached hydrogens (tertiary/aromatic N) is 2. The topological polar surface area (TPSA) is 91.7 Å². The van der Waals surface area contributed by atoms with Gasteiger partial charge < -0.3 is 9.47 Å². The van der Waals surface area contributed by atoms with E-state index < -0.39 is 12.2 Å². The largest absolute Gasteiger partial charge is 0.436 e. The van der Waals surface area contributed by atoms with Crippen LogP contribution in [-0.4, -0.2) is 25.3 Å². The number of terminal acetylenes is 1. The molecule has 0 spiro atoms. The molecule has 27 heavy (non-hydrogen) atoms. The molecule has 136 valence electrons. The van der Waals surface area contributed by atoms with Crippen LogP contribution in [0.1, 0.15) is 6.42 Å². The van der Waals surface area contributed by atoms with Crippen molar-refractivity contribution in [3.63, 3.8) is 0 Å². The fraction of sp³-hybridized carbons (Fsp3) is 0.150. The molecule has 0 bridgehead atoms. The minimum Gasteiger partial charge on any atom is -0.436 e. The molecule has 0 saturated heterocycles. The number of ether oxygens (including phenoxy) is 2. The molecule has 0 unspecified atom stereocenters. The van der Waals surface area contributed by atoms with Crippen molar-refractivity contribution in [3.8, 4) is 24.2 Å². The smallest absolute Gasteiger partial charge is 0.419 e. The Morgan fingerprint density at radius 3 is 2.63 bits per heavy atom. The zero-order valence-corrected chi connectivity index (χ0v) is 14.4. The molecule has 0 radical (unpaired) electrons. The summed E-state index contributed by atoms with van der Waals surface area (Å²) in [6.07, 6.45) is 3.83. The zero-order chi connectivity index (χ0) is 19.5. The van der Waals surface area contributed by atoms with Gasteiger partial charge in [0.15, 0.2) is 6.61 Å². The Morgan fingerprint density at radius 2 is 1.93 bits per heavy atom. The lowest BCUT2D eigenvalue weighted by molar-refractivity contribution is 0.176. The number of benzene rings is 2. The molecule has 0 aromatic heterocycles. The summed E-state index contributed by atoms with van der Waals surface area (Å²) in [6.45, 7) is 0.0428. The van der Waals surface area contributed by atoms with E-state index in [9.17, 15) is 9.59 Å². The molecule has 7 heteroatoms. The number of nitriles is 1. The number of nitrogens with one attached hydrogen (secondary N) is 1. The number of hydrogen-bond acceptors (Lipinski definition) is 5. The van der Waals surface area contributed by atoms with Crippen molar-refractivity contribution in [2.24, 2.45) is 0 Å². The maximum Gasteiger partial charge on any atom is 0.419 e. The molecule has 0 fully saturated rings. The van der Waals surface area contributed by atoms with Crippen LogP contribution in [0, 0.1) is 23.7 Å². The van der Waals surface area contributed by atoms with E-state index in [1.54, 1.807) is 42.5 Å². The first-order valence-electron chi connectivity index (χ1n) is 8.02. The van der Waals surface area contributed by atoms with Crippen molar-refractivity contribution in [2.45, 2.75) is 6.42 Å². The van der Waals surface area contributed by atoms with Crippen LogP contribution in [-0.2, 0) is 4.74 Å². The number of para-hydroxylation sites is 1. The molecule has 2 rings (SSSR count). The Balaban J connectivity index is 2.09. The molecule has 0 aliphatic heterocycles. The summed E-state index contributed by atoms with van der Waals surface area (Å²) in [5.74, 6) is 2.42. The normalized spacial score (nSPS) is 9.41. The predicted molar refractivity (Wildman–Crippen MR) is 100 cm³/mol. The number of carbonyl (C=O) groups is 2. The maximum atomic E-state index is 12.6. The SMILES string of the molecule is C#CCOC(=O)Nc1cccc(OC(=O)N(CCC#N)c2ccccc2)c1. The van der Waals surface area contributed by atoms with Crippen LogP contribution in [0.2, 0.25) is 0 Å². The summed E-state index contributed by atoms with van der Waals surface area (Å²) < 4.78 is 10.1. The molecular formula is C20H17N3O4. The molecule has 0 heterocycles. The summed E-state index contributed by atoms with van der Waals surface area (Å²) in [4.78, 5) is 25.5. The number of carbonyl (C=O) groups excluding carboxylic acids is 2. The van der Waals surface area contributed by atoms with Crippen LogP contribution in [0.5, 0.6) is 5.75 Å². The van der Waals surface area contributed by atoms with Gasteiger partial charge in [0.1, 0.15) is 5.75 Å². The van der Waals surface area contributed by atoms with Gasteiger partial charge in [0, 0.05) is 24.0 Å². The number of hydrogen-bond donors (Lipinski definition) is 1. The van der Waals surface area contributed by atoms with Gasteiger partial charge in [0.05, 0.1) is 12.5 Å². The van der Waals surface area contributed by atoms with Gasteiger partial charge in [-0.25, -0.2) is 9.59 Å². The van der Waals surface area contributed by atoms with Gasteiger partial charge >= 0.3 is 12.2 Å². The molecule has 1 N–H and O–H groups in total. The van der Waals surface area contributed by atoms with Crippen molar-refractivity contribution >= 4 is 23.6 Å². The van der Waals surface area contributed by atoms with Crippen molar-refractivity contribution in [3.05, 3.63) is 54.6 Å². The van der Waals surface area contributed by atoms with Crippen LogP contribution >= 0.6 is 0 Å². The molecule has 2 aromatic rings. The summed E-state index contributed by atoms with van der Waals surface area (Å²) in [7, 11) is 0. The fourth-order valence-corrected chi connectivity index (χ4v) is 2.15. The Hall–Kier alpha value is -3.97. The Morgan fingerprint density at radius 1 is 1.15 bits per heavy atom. The van der Waals surface area contributed by atoms with E-state index >= 15 is 0 Å². The standard InChI is InChI=1S/C20H17N3O4/c1-2-14-26-19(24)22-16-8-6-11-18(15-16)27-20(25)23(13-7-12-21)17-9-4-3-5-10-17/h1,3-6,8-11,15H,7,13-14H2,(H,22,24). The van der Waals surface area contributed by atoms with Gasteiger partial charge in [0.25, 0.3) is 0 Å². The van der Waals surface area contributed by atoms with Gasteiger partial charge in [-0.05, 0) is 24.3 Å². The molecule has 0 aliphatic rings. The minimum atomic E-state index is -0.712. The second-order valence-corrected chi connectivity index (χ2v) is 5.20. The summed E-state index contributed by atoms with van der Waals surface area (Å²) in [5, 5.41) is 11.3. The summed E-state index contributed by atoms with van der Waals surface area (Å²) in [5.41, 5.74) is 0.996. The van der Waals surface area contributed by atoms with Crippen molar-refractivity contribution in [1.29, 1.82) is 5.26 Å². The zero-order valence-electron chi connectivity index (χ0n) is 14.4. The third-order valence-electron chi connectivity index (χ3n) is 3.31. The second kappa shape index (κ2) is 10.1. The van der Waals surface area contributed by atoms with Crippen LogP contribution in [0.3, 0.4) is 0 Å². The summed E-state index contributed by atoms with van der Waals surface area (Å²) in [6, 6.07) is 17.2. The predicted octanol–water partition coefficient (Wildman–Crippen LogP) is 3.79. The number of amides is 2. The highest BCUT2D eigenvalue weighted by Gasteiger charge is 2.18. The van der Waals surface area contributed by atoms with E-state index in [1.807, 2.05) is 12.1 Å². The maximum absolute atomic E-state index is 12.6. The lowest BCUT2D eigenvalue weighted by Crippen LogP contribution is -2.34. The molecule has 0 atom stereocenters. The average molecular weight is 363 g/mol. The van der Waals surface area contributed by atoms with Crippen LogP contribution in [0.4, 0.5) is 21.0 Å². The van der Waals surface area contributed by atoms with Gasteiger partial charge in [-0.3, -0.25) is 10.2 Å². The molecule has 0 saturated carbocycles. The molecule has 2 amide bonds. The first kappa shape index (κ1) is 19.4. The van der Waals surface area contributed by atoms with Gasteiger partial charge in [0.2, 0.25) is 0 Å². The van der Waals surface area contributed by atoms with E-state index in [-0.39, 0.29) is 25.3 Å². The first-order chi connectivity index (χ1) is 13.1. The summed E-state index contributed by atoms with van der Waals surface area (Å²) >= 11 is 0. The van der Waals surface area contributed by atoms with Gasteiger partial charge in [-0.1, -0.05) is 30.2 Å². The monoisotopic (exact) mass is 363 g/mol. The van der Waals surface area contributed by atoms with E-state index in [1.165, 1.54) is 11.0 Å². The number of anilines is 2. The molecule has 7 nitrogen and oxygen atoms in total. The Kier molecular flexibility index (Phi) is 7.25. The third kappa shape index (κ3) is 6.11. The van der Waals surface area contributed by atoms with Crippen LogP contribution in [0.15, 0.2) is 54.6 Å². The lowest BCUT2D eigenvalue weighted by atomic mass is 10.3. The van der Waals surface area contributed by atoms with Gasteiger partial charge in [-0.2, -0.15) is 5.26 Å². The lowest BCUT2D eigenvalue weighted by Gasteiger charge is -2.21. The minimum absolute atomic E-state index is 0.147. The van der Waals surface area contributed by atoms with E-state index in [4.69, 9.17) is 21.2 Å². The highest BCUT2D eigenvalue weighted by atomic mass is 16.6. The molecule has 2 aromatic carbocycles. The van der Waals surface area contributed by atoms with Crippen molar-refractivity contribution in [2.75, 3.05) is 23.4 Å². The van der Waals surface area contributed by atoms with Crippen molar-refractivity contribution < 1.29 is 19.1 Å².